The Morgan fingerprint density at radius 2 is 1.09 bits per heavy atom. The molecular weight excluding hydrogens is 564 g/mol. The first-order valence-corrected chi connectivity index (χ1v) is 18.1. The predicted molar refractivity (Wildman–Crippen MR) is 178 cm³/mol. The van der Waals surface area contributed by atoms with Crippen LogP contribution in [0.1, 0.15) is 94.6 Å². The Hall–Kier alpha value is -2.48. The summed E-state index contributed by atoms with van der Waals surface area (Å²) in [6.07, 6.45) is 18.4. The molecule has 6 rings (SSSR count). The molecule has 3 aliphatic heterocycles. The molecule has 3 heterocycles. The zero-order valence-electron chi connectivity index (χ0n) is 27.4. The lowest BCUT2D eigenvalue weighted by Gasteiger charge is -2.36. The van der Waals surface area contributed by atoms with Crippen LogP contribution in [-0.4, -0.2) is 73.9 Å². The minimum atomic E-state index is -0.251. The molecule has 248 valence electrons. The molecule has 1 saturated heterocycles. The first-order chi connectivity index (χ1) is 22.2. The Morgan fingerprint density at radius 1 is 0.578 bits per heavy atom. The smallest absolute Gasteiger partial charge is 0.231 e. The van der Waals surface area contributed by atoms with Crippen LogP contribution in [0.2, 0.25) is 0 Å². The number of fused-ring (bicyclic) bond motifs is 2. The number of hydrogen-bond acceptors (Lipinski definition) is 7. The number of rotatable bonds is 11. The topological polar surface area (TPSA) is 63.6 Å². The fraction of sp³-hybridized carbons (Fsp3) is 0.684. The molecule has 7 heteroatoms. The SMILES string of the molecule is OC1CN(CCCCc2ccc3c(c2)OCO3)CCCN(CCCCc2ccc3c(c2)OCO3)CC1C1CCCCCCCC1. The van der Waals surface area contributed by atoms with Gasteiger partial charge >= 0.3 is 0 Å². The average molecular weight is 621 g/mol. The van der Waals surface area contributed by atoms with E-state index in [0.717, 1.165) is 87.9 Å². The number of hydrogen-bond donors (Lipinski definition) is 1. The highest BCUT2D eigenvalue weighted by Gasteiger charge is 2.32. The Kier molecular flexibility index (Phi) is 12.2. The summed E-state index contributed by atoms with van der Waals surface area (Å²) < 4.78 is 22.1. The molecule has 1 N–H and O–H groups in total. The highest BCUT2D eigenvalue weighted by atomic mass is 16.7. The summed E-state index contributed by atoms with van der Waals surface area (Å²) in [6.45, 7) is 6.93. The van der Waals surface area contributed by atoms with Crippen LogP contribution in [0.3, 0.4) is 0 Å². The minimum absolute atomic E-state index is 0.251. The molecule has 2 aromatic carbocycles. The van der Waals surface area contributed by atoms with Crippen molar-refractivity contribution >= 4 is 0 Å². The monoisotopic (exact) mass is 620 g/mol. The van der Waals surface area contributed by atoms with Crippen molar-refractivity contribution in [1.82, 2.24) is 9.80 Å². The summed E-state index contributed by atoms with van der Waals surface area (Å²) in [4.78, 5) is 5.29. The van der Waals surface area contributed by atoms with Gasteiger partial charge in [-0.25, -0.2) is 0 Å². The number of unbranched alkanes of at least 4 members (excludes halogenated alkanes) is 2. The average Bonchev–Trinajstić information content (AvgIpc) is 3.75. The minimum Gasteiger partial charge on any atom is -0.454 e. The third kappa shape index (κ3) is 9.52. The van der Waals surface area contributed by atoms with Crippen molar-refractivity contribution in [1.29, 1.82) is 0 Å². The summed E-state index contributed by atoms with van der Waals surface area (Å²) in [5.74, 6) is 4.49. The van der Waals surface area contributed by atoms with Crippen LogP contribution in [0.25, 0.3) is 0 Å². The van der Waals surface area contributed by atoms with Gasteiger partial charge in [-0.15, -0.1) is 0 Å². The summed E-state index contributed by atoms with van der Waals surface area (Å²) in [5.41, 5.74) is 2.65. The van der Waals surface area contributed by atoms with Crippen LogP contribution >= 0.6 is 0 Å². The van der Waals surface area contributed by atoms with Gasteiger partial charge in [-0.1, -0.05) is 63.5 Å². The Balaban J connectivity index is 1.02. The lowest BCUT2D eigenvalue weighted by Crippen LogP contribution is -2.43. The second-order valence-electron chi connectivity index (χ2n) is 13.9. The quantitative estimate of drug-likeness (QED) is 0.266. The van der Waals surface area contributed by atoms with Crippen LogP contribution < -0.4 is 18.9 Å². The third-order valence-electron chi connectivity index (χ3n) is 10.6. The van der Waals surface area contributed by atoms with Gasteiger partial charge < -0.3 is 33.9 Å². The number of aliphatic hydroxyl groups is 1. The largest absolute Gasteiger partial charge is 0.454 e. The van der Waals surface area contributed by atoms with E-state index in [0.29, 0.717) is 25.4 Å². The van der Waals surface area contributed by atoms with Gasteiger partial charge in [0.25, 0.3) is 0 Å². The van der Waals surface area contributed by atoms with Gasteiger partial charge in [0, 0.05) is 19.0 Å². The molecule has 0 radical (unpaired) electrons. The number of β-amino-alcohol motifs (C(OH)–C–C–N with tert-alkyl or cyclic N) is 1. The second kappa shape index (κ2) is 16.9. The van der Waals surface area contributed by atoms with Crippen LogP contribution in [0, 0.1) is 11.8 Å². The molecule has 4 aliphatic rings. The van der Waals surface area contributed by atoms with Crippen LogP contribution in [0.5, 0.6) is 23.0 Å². The molecule has 2 fully saturated rings. The Morgan fingerprint density at radius 3 is 1.67 bits per heavy atom. The van der Waals surface area contributed by atoms with Gasteiger partial charge in [0.2, 0.25) is 13.6 Å². The van der Waals surface area contributed by atoms with Crippen molar-refractivity contribution in [2.75, 3.05) is 52.9 Å². The molecule has 0 amide bonds. The summed E-state index contributed by atoms with van der Waals surface area (Å²) in [6, 6.07) is 12.7. The molecule has 2 unspecified atom stereocenters. The van der Waals surface area contributed by atoms with Crippen molar-refractivity contribution in [2.45, 2.75) is 102 Å². The molecule has 1 saturated carbocycles. The van der Waals surface area contributed by atoms with E-state index < -0.39 is 0 Å². The van der Waals surface area contributed by atoms with Gasteiger partial charge in [-0.05, 0) is 112 Å². The first kappa shape index (κ1) is 32.5. The number of benzene rings is 2. The van der Waals surface area contributed by atoms with Crippen LogP contribution in [-0.2, 0) is 12.8 Å². The van der Waals surface area contributed by atoms with Crippen molar-refractivity contribution in [3.05, 3.63) is 47.5 Å². The van der Waals surface area contributed by atoms with Gasteiger partial charge in [0.15, 0.2) is 23.0 Å². The van der Waals surface area contributed by atoms with Gasteiger partial charge in [0.1, 0.15) is 0 Å². The van der Waals surface area contributed by atoms with Crippen LogP contribution in [0.15, 0.2) is 36.4 Å². The van der Waals surface area contributed by atoms with E-state index in [-0.39, 0.29) is 6.10 Å². The number of aryl methyl sites for hydroxylation is 2. The molecule has 0 spiro atoms. The molecule has 1 aliphatic carbocycles. The van der Waals surface area contributed by atoms with E-state index in [1.54, 1.807) is 0 Å². The molecule has 45 heavy (non-hydrogen) atoms. The Bertz CT molecular complexity index is 1180. The summed E-state index contributed by atoms with van der Waals surface area (Å²) >= 11 is 0. The van der Waals surface area contributed by atoms with Gasteiger partial charge in [-0.2, -0.15) is 0 Å². The fourth-order valence-electron chi connectivity index (χ4n) is 8.00. The van der Waals surface area contributed by atoms with Crippen molar-refractivity contribution < 1.29 is 24.1 Å². The number of aliphatic hydroxyl groups excluding tert-OH is 1. The predicted octanol–water partition coefficient (Wildman–Crippen LogP) is 7.23. The van der Waals surface area contributed by atoms with E-state index >= 15 is 0 Å². The first-order valence-electron chi connectivity index (χ1n) is 18.1. The number of ether oxygens (including phenoxy) is 4. The summed E-state index contributed by atoms with van der Waals surface area (Å²) in [5, 5.41) is 11.9. The molecule has 2 atom stereocenters. The Labute approximate surface area is 271 Å². The molecule has 7 nitrogen and oxygen atoms in total. The van der Waals surface area contributed by atoms with Gasteiger partial charge in [-0.3, -0.25) is 0 Å². The highest BCUT2D eigenvalue weighted by molar-refractivity contribution is 5.45. The summed E-state index contributed by atoms with van der Waals surface area (Å²) in [7, 11) is 0. The van der Waals surface area contributed by atoms with Crippen molar-refractivity contribution in [2.24, 2.45) is 11.8 Å². The zero-order valence-corrected chi connectivity index (χ0v) is 27.4. The van der Waals surface area contributed by atoms with Crippen molar-refractivity contribution in [3.8, 4) is 23.0 Å². The highest BCUT2D eigenvalue weighted by Crippen LogP contribution is 2.35. The zero-order chi connectivity index (χ0) is 30.7. The normalized spacial score (nSPS) is 23.5. The molecule has 0 aromatic heterocycles. The maximum atomic E-state index is 11.9. The standard InChI is InChI=1S/C38H56N2O5/c41-34-27-40(21-10-8-13-31-17-19-36-38(25-31)45-29-43-36)23-11-22-39(26-33(34)32-14-5-3-1-2-4-6-15-32)20-9-7-12-30-16-18-35-37(24-30)44-28-42-35/h16-19,24-25,32-34,41H,1-15,20-23,26-29H2. The van der Waals surface area contributed by atoms with E-state index in [1.165, 1.54) is 81.8 Å². The molecule has 0 bridgehead atoms. The van der Waals surface area contributed by atoms with E-state index in [9.17, 15) is 5.11 Å². The van der Waals surface area contributed by atoms with Crippen molar-refractivity contribution in [3.63, 3.8) is 0 Å². The maximum Gasteiger partial charge on any atom is 0.231 e. The molecular formula is C38H56N2O5. The third-order valence-corrected chi connectivity index (χ3v) is 10.6. The second-order valence-corrected chi connectivity index (χ2v) is 13.9. The van der Waals surface area contributed by atoms with E-state index in [1.807, 2.05) is 12.1 Å². The van der Waals surface area contributed by atoms with Crippen LogP contribution in [0.4, 0.5) is 0 Å². The fourth-order valence-corrected chi connectivity index (χ4v) is 8.00. The number of nitrogens with zero attached hydrogens (tertiary/aromatic N) is 2. The molecule has 2 aromatic rings. The van der Waals surface area contributed by atoms with E-state index in [2.05, 4.69) is 34.1 Å². The van der Waals surface area contributed by atoms with E-state index in [4.69, 9.17) is 18.9 Å². The lowest BCUT2D eigenvalue weighted by molar-refractivity contribution is 0.0219. The lowest BCUT2D eigenvalue weighted by atomic mass is 9.80. The maximum absolute atomic E-state index is 11.9. The van der Waals surface area contributed by atoms with Gasteiger partial charge in [0.05, 0.1) is 6.10 Å².